The summed E-state index contributed by atoms with van der Waals surface area (Å²) in [7, 11) is 0. The van der Waals surface area contributed by atoms with Crippen molar-refractivity contribution in [3.63, 3.8) is 0 Å². The van der Waals surface area contributed by atoms with E-state index in [0.29, 0.717) is 5.75 Å². The van der Waals surface area contributed by atoms with Gasteiger partial charge in [-0.15, -0.1) is 11.8 Å². The Morgan fingerprint density at radius 2 is 2.30 bits per heavy atom. The van der Waals surface area contributed by atoms with Crippen LogP contribution in [-0.2, 0) is 4.79 Å². The third kappa shape index (κ3) is 1.29. The predicted octanol–water partition coefficient (Wildman–Crippen LogP) is 0.628. The minimum Gasteiger partial charge on any atom is -0.354 e. The maximum absolute atomic E-state index is 10.7. The average Bonchev–Trinajstić information content (AvgIpc) is 2.71. The molecule has 2 nitrogen and oxygen atoms in total. The van der Waals surface area contributed by atoms with Gasteiger partial charge in [-0.1, -0.05) is 0 Å². The van der Waals surface area contributed by atoms with Crippen molar-refractivity contribution in [3.8, 4) is 0 Å². The molecule has 1 atom stereocenters. The summed E-state index contributed by atoms with van der Waals surface area (Å²) in [6.07, 6.45) is 2.76. The van der Waals surface area contributed by atoms with Crippen LogP contribution in [0, 0.1) is 5.92 Å². The highest BCUT2D eigenvalue weighted by Crippen LogP contribution is 2.39. The second-order valence-electron chi connectivity index (χ2n) is 2.99. The van der Waals surface area contributed by atoms with E-state index in [4.69, 9.17) is 0 Å². The van der Waals surface area contributed by atoms with Crippen LogP contribution in [-0.4, -0.2) is 23.5 Å². The van der Waals surface area contributed by atoms with E-state index in [0.717, 1.165) is 17.7 Å². The summed E-state index contributed by atoms with van der Waals surface area (Å²) in [5.74, 6) is 1.81. The normalized spacial score (nSPS) is 33.6. The van der Waals surface area contributed by atoms with Crippen LogP contribution in [0.2, 0.25) is 0 Å². The van der Waals surface area contributed by atoms with E-state index in [1.165, 1.54) is 12.8 Å². The summed E-state index contributed by atoms with van der Waals surface area (Å²) in [5, 5.41) is 3.63. The van der Waals surface area contributed by atoms with E-state index >= 15 is 0 Å². The van der Waals surface area contributed by atoms with Crippen LogP contribution in [0.25, 0.3) is 0 Å². The maximum Gasteiger partial charge on any atom is 0.230 e. The number of nitrogens with one attached hydrogen (secondary N) is 1. The first-order chi connectivity index (χ1) is 4.86. The molecule has 0 bridgehead atoms. The van der Waals surface area contributed by atoms with Crippen molar-refractivity contribution in [1.82, 2.24) is 5.32 Å². The predicted molar refractivity (Wildman–Crippen MR) is 42.0 cm³/mol. The Bertz CT molecular complexity index is 146. The molecule has 0 aromatic carbocycles. The van der Waals surface area contributed by atoms with Gasteiger partial charge in [-0.05, 0) is 18.8 Å². The number of thioether (sulfide) groups is 1. The molecule has 2 fully saturated rings. The van der Waals surface area contributed by atoms with Gasteiger partial charge in [0.1, 0.15) is 0 Å². The van der Waals surface area contributed by atoms with Crippen molar-refractivity contribution in [3.05, 3.63) is 0 Å². The van der Waals surface area contributed by atoms with E-state index in [-0.39, 0.29) is 5.91 Å². The molecule has 56 valence electrons. The number of hydrogen-bond acceptors (Lipinski definition) is 2. The lowest BCUT2D eigenvalue weighted by Gasteiger charge is -2.21. The fraction of sp³-hybridized carbons (Fsp3) is 0.857. The molecule has 2 aliphatic rings. The van der Waals surface area contributed by atoms with Crippen molar-refractivity contribution in [2.45, 2.75) is 18.1 Å². The average molecular weight is 157 g/mol. The summed E-state index contributed by atoms with van der Waals surface area (Å²) in [5.41, 5.74) is 0. The van der Waals surface area contributed by atoms with Gasteiger partial charge in [0, 0.05) is 11.8 Å². The van der Waals surface area contributed by atoms with Crippen molar-refractivity contribution in [2.75, 3.05) is 12.3 Å². The van der Waals surface area contributed by atoms with Crippen LogP contribution in [0.5, 0.6) is 0 Å². The molecular formula is C7H11NOS. The third-order valence-corrected chi connectivity index (χ3v) is 3.49. The lowest BCUT2D eigenvalue weighted by molar-refractivity contribution is -0.118. The molecule has 10 heavy (non-hydrogen) atoms. The van der Waals surface area contributed by atoms with Gasteiger partial charge in [-0.3, -0.25) is 4.79 Å². The van der Waals surface area contributed by atoms with Gasteiger partial charge >= 0.3 is 0 Å². The molecule has 1 heterocycles. The summed E-state index contributed by atoms with van der Waals surface area (Å²) in [6.45, 7) is 0.911. The lowest BCUT2D eigenvalue weighted by atomic mass is 10.3. The molecule has 1 saturated heterocycles. The van der Waals surface area contributed by atoms with Crippen LogP contribution >= 0.6 is 11.8 Å². The number of rotatable bonds is 1. The van der Waals surface area contributed by atoms with Crippen LogP contribution < -0.4 is 5.32 Å². The topological polar surface area (TPSA) is 29.1 Å². The minimum atomic E-state index is 0.210. The monoisotopic (exact) mass is 157 g/mol. The molecule has 0 unspecified atom stereocenters. The number of hydrogen-bond donors (Lipinski definition) is 1. The van der Waals surface area contributed by atoms with Crippen LogP contribution in [0.3, 0.4) is 0 Å². The van der Waals surface area contributed by atoms with E-state index in [1.807, 2.05) is 11.8 Å². The smallest absolute Gasteiger partial charge is 0.230 e. The molecular weight excluding hydrogens is 146 g/mol. The van der Waals surface area contributed by atoms with Crippen LogP contribution in [0.15, 0.2) is 0 Å². The Morgan fingerprint density at radius 1 is 1.50 bits per heavy atom. The summed E-state index contributed by atoms with van der Waals surface area (Å²) in [4.78, 5) is 10.7. The summed E-state index contributed by atoms with van der Waals surface area (Å²) in [6, 6.07) is 0. The van der Waals surface area contributed by atoms with Crippen molar-refractivity contribution >= 4 is 17.7 Å². The van der Waals surface area contributed by atoms with E-state index in [2.05, 4.69) is 5.32 Å². The van der Waals surface area contributed by atoms with Gasteiger partial charge in [-0.25, -0.2) is 0 Å². The second-order valence-corrected chi connectivity index (χ2v) is 4.22. The van der Waals surface area contributed by atoms with Gasteiger partial charge < -0.3 is 5.32 Å². The molecule has 1 N–H and O–H groups in total. The van der Waals surface area contributed by atoms with Crippen molar-refractivity contribution in [2.24, 2.45) is 5.92 Å². The molecule has 1 aliphatic carbocycles. The SMILES string of the molecule is O=C1CS[C@H](C2CC2)CN1. The maximum atomic E-state index is 10.7. The molecule has 0 aromatic rings. The van der Waals surface area contributed by atoms with Crippen molar-refractivity contribution in [1.29, 1.82) is 0 Å². The fourth-order valence-electron chi connectivity index (χ4n) is 1.28. The Kier molecular flexibility index (Phi) is 1.60. The molecule has 1 aliphatic heterocycles. The fourth-order valence-corrected chi connectivity index (χ4v) is 2.49. The highest BCUT2D eigenvalue weighted by atomic mass is 32.2. The van der Waals surface area contributed by atoms with E-state index in [9.17, 15) is 4.79 Å². The minimum absolute atomic E-state index is 0.210. The molecule has 0 aromatic heterocycles. The first kappa shape index (κ1) is 6.53. The van der Waals surface area contributed by atoms with Gasteiger partial charge in [-0.2, -0.15) is 0 Å². The van der Waals surface area contributed by atoms with Gasteiger partial charge in [0.15, 0.2) is 0 Å². The molecule has 2 rings (SSSR count). The highest BCUT2D eigenvalue weighted by Gasteiger charge is 2.33. The standard InChI is InChI=1S/C7H11NOS/c9-7-4-10-6(3-8-7)5-1-2-5/h5-6H,1-4H2,(H,8,9)/t6-/m0/s1. The molecule has 3 heteroatoms. The molecule has 0 radical (unpaired) electrons. The van der Waals surface area contributed by atoms with E-state index < -0.39 is 0 Å². The highest BCUT2D eigenvalue weighted by molar-refractivity contribution is 8.00. The second kappa shape index (κ2) is 2.46. The summed E-state index contributed by atoms with van der Waals surface area (Å²) < 4.78 is 0. The lowest BCUT2D eigenvalue weighted by Crippen LogP contribution is -2.38. The first-order valence-corrected chi connectivity index (χ1v) is 4.79. The Labute approximate surface area is 64.8 Å². The number of carbonyl (C=O) groups is 1. The number of amides is 1. The molecule has 1 saturated carbocycles. The van der Waals surface area contributed by atoms with E-state index in [1.54, 1.807) is 0 Å². The Balaban J connectivity index is 1.84. The zero-order chi connectivity index (χ0) is 6.97. The van der Waals surface area contributed by atoms with Gasteiger partial charge in [0.05, 0.1) is 5.75 Å². The largest absolute Gasteiger partial charge is 0.354 e. The summed E-state index contributed by atoms with van der Waals surface area (Å²) >= 11 is 1.83. The van der Waals surface area contributed by atoms with Gasteiger partial charge in [0.25, 0.3) is 0 Å². The third-order valence-electron chi connectivity index (χ3n) is 2.08. The van der Waals surface area contributed by atoms with Crippen LogP contribution in [0.4, 0.5) is 0 Å². The molecule has 0 spiro atoms. The van der Waals surface area contributed by atoms with Crippen molar-refractivity contribution < 1.29 is 4.79 Å². The number of carbonyl (C=O) groups excluding carboxylic acids is 1. The quantitative estimate of drug-likeness (QED) is 0.605. The van der Waals surface area contributed by atoms with Gasteiger partial charge in [0.2, 0.25) is 5.91 Å². The molecule has 1 amide bonds. The Morgan fingerprint density at radius 3 is 2.80 bits per heavy atom. The zero-order valence-electron chi connectivity index (χ0n) is 5.80. The zero-order valence-corrected chi connectivity index (χ0v) is 6.62. The first-order valence-electron chi connectivity index (χ1n) is 3.74. The Hall–Kier alpha value is -0.180. The van der Waals surface area contributed by atoms with Crippen LogP contribution in [0.1, 0.15) is 12.8 Å².